The first-order valence-corrected chi connectivity index (χ1v) is 9.74. The van der Waals surface area contributed by atoms with Gasteiger partial charge in [0, 0.05) is 44.1 Å². The average molecular weight is 383 g/mol. The smallest absolute Gasteiger partial charge is 0.255 e. The molecule has 1 aliphatic rings. The summed E-state index contributed by atoms with van der Waals surface area (Å²) in [7, 11) is 0. The van der Waals surface area contributed by atoms with Gasteiger partial charge in [-0.1, -0.05) is 18.2 Å². The first-order chi connectivity index (χ1) is 13.4. The molecule has 0 saturated carbocycles. The van der Waals surface area contributed by atoms with Crippen molar-refractivity contribution in [3.8, 4) is 5.88 Å². The quantitative estimate of drug-likeness (QED) is 0.717. The van der Waals surface area contributed by atoms with E-state index in [-0.39, 0.29) is 11.5 Å². The van der Waals surface area contributed by atoms with Crippen LogP contribution in [-0.4, -0.2) is 60.8 Å². The van der Waals surface area contributed by atoms with Crippen molar-refractivity contribution < 1.29 is 14.3 Å². The Morgan fingerprint density at radius 1 is 1.00 bits per heavy atom. The molecule has 0 atom stereocenters. The lowest BCUT2D eigenvalue weighted by molar-refractivity contribution is -0.0168. The van der Waals surface area contributed by atoms with E-state index in [4.69, 9.17) is 9.47 Å². The number of ether oxygens (including phenoxy) is 2. The Kier molecular flexibility index (Phi) is 6.52. The molecule has 0 radical (unpaired) electrons. The molecule has 1 fully saturated rings. The van der Waals surface area contributed by atoms with E-state index in [0.29, 0.717) is 37.7 Å². The van der Waals surface area contributed by atoms with Crippen LogP contribution in [0.2, 0.25) is 0 Å². The number of benzene rings is 1. The number of hydrogen-bond donors (Lipinski definition) is 0. The highest BCUT2D eigenvalue weighted by molar-refractivity contribution is 5.94. The Bertz CT molecular complexity index is 749. The summed E-state index contributed by atoms with van der Waals surface area (Å²) >= 11 is 0. The monoisotopic (exact) mass is 383 g/mol. The van der Waals surface area contributed by atoms with Crippen LogP contribution in [-0.2, 0) is 4.74 Å². The zero-order valence-corrected chi connectivity index (χ0v) is 16.9. The van der Waals surface area contributed by atoms with Gasteiger partial charge in [-0.15, -0.1) is 0 Å². The molecule has 3 rings (SSSR count). The van der Waals surface area contributed by atoms with Gasteiger partial charge in [-0.2, -0.15) is 0 Å². The second-order valence-corrected chi connectivity index (χ2v) is 7.81. The first-order valence-electron chi connectivity index (χ1n) is 9.74. The summed E-state index contributed by atoms with van der Waals surface area (Å²) in [6, 6.07) is 13.8. The van der Waals surface area contributed by atoms with E-state index in [1.54, 1.807) is 18.3 Å². The SMILES string of the molecule is CC(C)(C)OCCOc1ccc(C(=O)N2CCN(c3ccccc3)CC2)cn1. The van der Waals surface area contributed by atoms with Crippen molar-refractivity contribution in [3.05, 3.63) is 54.2 Å². The van der Waals surface area contributed by atoms with Gasteiger partial charge in [-0.05, 0) is 39.0 Å². The third-order valence-corrected chi connectivity index (χ3v) is 4.54. The maximum Gasteiger partial charge on any atom is 0.255 e. The van der Waals surface area contributed by atoms with Crippen LogP contribution in [0.25, 0.3) is 0 Å². The molecule has 0 aliphatic carbocycles. The molecule has 1 saturated heterocycles. The summed E-state index contributed by atoms with van der Waals surface area (Å²) in [5, 5.41) is 0. The molecule has 6 heteroatoms. The zero-order chi connectivity index (χ0) is 20.0. The number of piperazine rings is 1. The maximum absolute atomic E-state index is 12.7. The van der Waals surface area contributed by atoms with Crippen LogP contribution in [0.3, 0.4) is 0 Å². The Balaban J connectivity index is 1.47. The van der Waals surface area contributed by atoms with Gasteiger partial charge in [0.2, 0.25) is 5.88 Å². The van der Waals surface area contributed by atoms with Gasteiger partial charge in [0.15, 0.2) is 0 Å². The van der Waals surface area contributed by atoms with Gasteiger partial charge in [0.05, 0.1) is 17.8 Å². The summed E-state index contributed by atoms with van der Waals surface area (Å²) in [5.41, 5.74) is 1.61. The van der Waals surface area contributed by atoms with Crippen LogP contribution in [0.15, 0.2) is 48.7 Å². The number of hydrogen-bond acceptors (Lipinski definition) is 5. The first kappa shape index (κ1) is 20.1. The predicted molar refractivity (Wildman–Crippen MR) is 110 cm³/mol. The van der Waals surface area contributed by atoms with Gasteiger partial charge in [-0.3, -0.25) is 4.79 Å². The van der Waals surface area contributed by atoms with Crippen LogP contribution >= 0.6 is 0 Å². The lowest BCUT2D eigenvalue weighted by atomic mass is 10.2. The topological polar surface area (TPSA) is 54.9 Å². The Morgan fingerprint density at radius 2 is 1.71 bits per heavy atom. The Morgan fingerprint density at radius 3 is 2.32 bits per heavy atom. The number of carbonyl (C=O) groups is 1. The van der Waals surface area contributed by atoms with Gasteiger partial charge < -0.3 is 19.3 Å². The van der Waals surface area contributed by atoms with Crippen molar-refractivity contribution in [2.45, 2.75) is 26.4 Å². The van der Waals surface area contributed by atoms with Gasteiger partial charge in [0.25, 0.3) is 5.91 Å². The number of aromatic nitrogens is 1. The van der Waals surface area contributed by atoms with Crippen molar-refractivity contribution in [1.82, 2.24) is 9.88 Å². The lowest BCUT2D eigenvalue weighted by Gasteiger charge is -2.36. The summed E-state index contributed by atoms with van der Waals surface area (Å²) in [4.78, 5) is 21.2. The maximum atomic E-state index is 12.7. The van der Waals surface area contributed by atoms with E-state index < -0.39 is 0 Å². The molecule has 0 spiro atoms. The van der Waals surface area contributed by atoms with E-state index in [0.717, 1.165) is 13.1 Å². The number of amides is 1. The standard InChI is InChI=1S/C22H29N3O3/c1-22(2,3)28-16-15-27-20-10-9-18(17-23-20)21(26)25-13-11-24(12-14-25)19-7-5-4-6-8-19/h4-10,17H,11-16H2,1-3H3. The molecule has 1 amide bonds. The number of anilines is 1. The molecular weight excluding hydrogens is 354 g/mol. The van der Waals surface area contributed by atoms with Crippen molar-refractivity contribution in [2.24, 2.45) is 0 Å². The van der Waals surface area contributed by atoms with Crippen molar-refractivity contribution in [1.29, 1.82) is 0 Å². The van der Waals surface area contributed by atoms with Crippen LogP contribution < -0.4 is 9.64 Å². The van der Waals surface area contributed by atoms with Gasteiger partial charge >= 0.3 is 0 Å². The molecule has 0 unspecified atom stereocenters. The molecule has 28 heavy (non-hydrogen) atoms. The molecule has 6 nitrogen and oxygen atoms in total. The molecule has 1 aromatic carbocycles. The molecule has 1 aromatic heterocycles. The minimum Gasteiger partial charge on any atom is -0.475 e. The lowest BCUT2D eigenvalue weighted by Crippen LogP contribution is -2.48. The van der Waals surface area contributed by atoms with E-state index in [9.17, 15) is 4.79 Å². The van der Waals surface area contributed by atoms with E-state index >= 15 is 0 Å². The van der Waals surface area contributed by atoms with Crippen LogP contribution in [0.1, 0.15) is 31.1 Å². The van der Waals surface area contributed by atoms with Gasteiger partial charge in [-0.25, -0.2) is 4.98 Å². The molecule has 150 valence electrons. The number of pyridine rings is 1. The fourth-order valence-electron chi connectivity index (χ4n) is 3.08. The minimum atomic E-state index is -0.183. The van der Waals surface area contributed by atoms with Crippen LogP contribution in [0.5, 0.6) is 5.88 Å². The highest BCUT2D eigenvalue weighted by Gasteiger charge is 2.22. The summed E-state index contributed by atoms with van der Waals surface area (Å²) in [5.74, 6) is 0.519. The van der Waals surface area contributed by atoms with Crippen molar-refractivity contribution in [3.63, 3.8) is 0 Å². The minimum absolute atomic E-state index is 0.0165. The second-order valence-electron chi connectivity index (χ2n) is 7.81. The normalized spacial score (nSPS) is 14.8. The van der Waals surface area contributed by atoms with E-state index in [1.165, 1.54) is 5.69 Å². The van der Waals surface area contributed by atoms with E-state index in [2.05, 4.69) is 22.0 Å². The molecule has 2 aromatic rings. The highest BCUT2D eigenvalue weighted by atomic mass is 16.5. The molecular formula is C22H29N3O3. The van der Waals surface area contributed by atoms with Crippen molar-refractivity contribution in [2.75, 3.05) is 44.3 Å². The van der Waals surface area contributed by atoms with Crippen molar-refractivity contribution >= 4 is 11.6 Å². The fourth-order valence-corrected chi connectivity index (χ4v) is 3.08. The molecule has 0 bridgehead atoms. The number of para-hydroxylation sites is 1. The largest absolute Gasteiger partial charge is 0.475 e. The summed E-state index contributed by atoms with van der Waals surface area (Å²) < 4.78 is 11.2. The zero-order valence-electron chi connectivity index (χ0n) is 16.9. The van der Waals surface area contributed by atoms with Crippen LogP contribution in [0, 0.1) is 0 Å². The third kappa shape index (κ3) is 5.70. The number of nitrogens with zero attached hydrogens (tertiary/aromatic N) is 3. The predicted octanol–water partition coefficient (Wildman–Crippen LogP) is 3.24. The second kappa shape index (κ2) is 9.06. The highest BCUT2D eigenvalue weighted by Crippen LogP contribution is 2.17. The Labute approximate surface area is 167 Å². The fraction of sp³-hybridized carbons (Fsp3) is 0.455. The molecule has 2 heterocycles. The van der Waals surface area contributed by atoms with Crippen LogP contribution in [0.4, 0.5) is 5.69 Å². The molecule has 0 N–H and O–H groups in total. The molecule has 1 aliphatic heterocycles. The average Bonchev–Trinajstić information content (AvgIpc) is 2.71. The van der Waals surface area contributed by atoms with Gasteiger partial charge in [0.1, 0.15) is 6.61 Å². The third-order valence-electron chi connectivity index (χ3n) is 4.54. The number of carbonyl (C=O) groups excluding carboxylic acids is 1. The summed E-state index contributed by atoms with van der Waals surface area (Å²) in [6.45, 7) is 10.0. The number of rotatable bonds is 6. The van der Waals surface area contributed by atoms with E-state index in [1.807, 2.05) is 43.9 Å². The summed E-state index contributed by atoms with van der Waals surface area (Å²) in [6.07, 6.45) is 1.59. The Hall–Kier alpha value is -2.60.